The average Bonchev–Trinajstić information content (AvgIpc) is 3.60. The van der Waals surface area contributed by atoms with E-state index in [0.717, 1.165) is 0 Å². The lowest BCUT2D eigenvalue weighted by Crippen LogP contribution is -2.69. The van der Waals surface area contributed by atoms with Crippen LogP contribution < -0.4 is 0 Å². The van der Waals surface area contributed by atoms with E-state index in [1.165, 1.54) is 60.7 Å². The molecule has 9 rings (SSSR count). The van der Waals surface area contributed by atoms with Crippen molar-refractivity contribution in [3.05, 3.63) is 83.0 Å². The summed E-state index contributed by atoms with van der Waals surface area (Å²) in [6.07, 6.45) is 7.08. The summed E-state index contributed by atoms with van der Waals surface area (Å²) in [5.74, 6) is -7.71. The molecule has 16 heteroatoms. The van der Waals surface area contributed by atoms with Gasteiger partial charge >= 0.3 is 11.9 Å². The van der Waals surface area contributed by atoms with Gasteiger partial charge < -0.3 is 29.9 Å². The monoisotopic (exact) mass is 986 g/mol. The van der Waals surface area contributed by atoms with Crippen LogP contribution in [0.15, 0.2) is 71.9 Å². The number of fused-ring (bicyclic) bond motifs is 10. The van der Waals surface area contributed by atoms with Gasteiger partial charge in [-0.1, -0.05) is 51.0 Å². The molecular formula is C52H62Cl2F2O12. The van der Waals surface area contributed by atoms with Crippen molar-refractivity contribution in [1.29, 1.82) is 0 Å². The summed E-state index contributed by atoms with van der Waals surface area (Å²) < 4.78 is 45.9. The van der Waals surface area contributed by atoms with Gasteiger partial charge in [0.05, 0.1) is 23.3 Å². The van der Waals surface area contributed by atoms with Crippen molar-refractivity contribution in [2.24, 2.45) is 57.2 Å². The smallest absolute Gasteiger partial charge is 0.338 e. The maximum atomic E-state index is 17.6. The molecule has 4 N–H and O–H groups in total. The number of carbonyl (C=O) groups excluding carboxylic acids is 6. The predicted molar refractivity (Wildman–Crippen MR) is 247 cm³/mol. The lowest BCUT2D eigenvalue weighted by Gasteiger charge is -2.62. The van der Waals surface area contributed by atoms with E-state index in [-0.39, 0.29) is 60.3 Å². The molecule has 8 aliphatic carbocycles. The first-order chi connectivity index (χ1) is 30.8. The number of rotatable bonds is 8. The minimum absolute atomic E-state index is 0. The molecule has 16 atom stereocenters. The van der Waals surface area contributed by atoms with Gasteiger partial charge in [-0.2, -0.15) is 0 Å². The number of hydrogen-bond acceptors (Lipinski definition) is 12. The van der Waals surface area contributed by atoms with E-state index in [4.69, 9.17) is 9.47 Å². The Hall–Kier alpha value is -3.92. The third-order valence-corrected chi connectivity index (χ3v) is 19.3. The van der Waals surface area contributed by atoms with Crippen LogP contribution in [0, 0.1) is 57.2 Å². The summed E-state index contributed by atoms with van der Waals surface area (Å²) >= 11 is 0. The lowest BCUT2D eigenvalue weighted by molar-refractivity contribution is -0.219. The summed E-state index contributed by atoms with van der Waals surface area (Å²) in [4.78, 5) is 78.9. The number of aliphatic hydroxyl groups excluding tert-OH is 2. The van der Waals surface area contributed by atoms with Gasteiger partial charge in [0.1, 0.15) is 11.2 Å². The first-order valence-electron chi connectivity index (χ1n) is 23.4. The van der Waals surface area contributed by atoms with Crippen molar-refractivity contribution < 1.29 is 67.4 Å². The molecule has 0 aliphatic heterocycles. The van der Waals surface area contributed by atoms with Crippen LogP contribution in [0.5, 0.6) is 0 Å². The van der Waals surface area contributed by atoms with Crippen LogP contribution in [0.2, 0.25) is 0 Å². The maximum Gasteiger partial charge on any atom is 0.338 e. The Morgan fingerprint density at radius 3 is 1.29 bits per heavy atom. The molecule has 0 unspecified atom stereocenters. The molecule has 1 aromatic rings. The number of alkyl halides is 2. The van der Waals surface area contributed by atoms with E-state index in [1.807, 2.05) is 0 Å². The van der Waals surface area contributed by atoms with Gasteiger partial charge in [0, 0.05) is 33.5 Å². The fourth-order valence-electron chi connectivity index (χ4n) is 15.7. The molecule has 0 saturated heterocycles. The summed E-state index contributed by atoms with van der Waals surface area (Å²) in [6.45, 7) is 8.52. The number of halogens is 4. The molecule has 0 radical (unpaired) electrons. The molecular weight excluding hydrogens is 925 g/mol. The second-order valence-corrected chi connectivity index (χ2v) is 21.9. The van der Waals surface area contributed by atoms with Crippen molar-refractivity contribution in [2.75, 3.05) is 13.2 Å². The standard InChI is InChI=1S/C52H60F2O12.2ClH/c1-27-19-37-35-13-11-31-21-33(55)15-17-45(31,3)49(35,53)39(57)23-47(37,5)51(27,63)41(59)25-65-43(61)29-7-9-30(10-8-29)44(62)66-26-42(60)52(64)28(2)20-38-36-14-12-32-22-34(56)16-18-46(32,4)50(36,54)40(58)24-48(38,52)6;;/h7-10,15-18,21-22,27-28,35-40,57-58,63-64H,11-14,19-20,23-26H2,1-6H3;2*1H/t27-,28-,35+,36+,37+,38+,39+,40+,45+,46+,47+,48+,49+,50+,51+,52+;;/m1../s1. The summed E-state index contributed by atoms with van der Waals surface area (Å²) in [7, 11) is 0. The molecule has 6 saturated carbocycles. The normalized spacial score (nSPS) is 45.0. The van der Waals surface area contributed by atoms with Crippen LogP contribution in [0.4, 0.5) is 8.78 Å². The Labute approximate surface area is 406 Å². The third-order valence-electron chi connectivity index (χ3n) is 19.3. The Bertz CT molecular complexity index is 2310. The largest absolute Gasteiger partial charge is 0.454 e. The van der Waals surface area contributed by atoms with Crippen molar-refractivity contribution in [3.63, 3.8) is 0 Å². The average molecular weight is 988 g/mol. The zero-order valence-electron chi connectivity index (χ0n) is 39.1. The molecule has 0 heterocycles. The number of Topliss-reactive ketones (excluding diaryl/α,β-unsaturated/α-hetero) is 2. The highest BCUT2D eigenvalue weighted by molar-refractivity contribution is 6.02. The Kier molecular flexibility index (Phi) is 12.9. The predicted octanol–water partition coefficient (Wildman–Crippen LogP) is 6.68. The van der Waals surface area contributed by atoms with Crippen LogP contribution in [0.25, 0.3) is 0 Å². The van der Waals surface area contributed by atoms with Crippen molar-refractivity contribution in [1.82, 2.24) is 0 Å². The number of ketones is 4. The van der Waals surface area contributed by atoms with Crippen LogP contribution >= 0.6 is 24.8 Å². The second kappa shape index (κ2) is 16.9. The van der Waals surface area contributed by atoms with E-state index in [2.05, 4.69) is 0 Å². The van der Waals surface area contributed by atoms with Gasteiger partial charge in [0.2, 0.25) is 11.6 Å². The van der Waals surface area contributed by atoms with E-state index in [9.17, 15) is 49.2 Å². The topological polar surface area (TPSA) is 202 Å². The zero-order chi connectivity index (χ0) is 47.9. The van der Waals surface area contributed by atoms with Gasteiger partial charge in [-0.3, -0.25) is 19.2 Å². The zero-order valence-corrected chi connectivity index (χ0v) is 40.7. The first kappa shape index (κ1) is 51.9. The van der Waals surface area contributed by atoms with Crippen molar-refractivity contribution in [3.8, 4) is 0 Å². The molecule has 0 bridgehead atoms. The molecule has 8 aliphatic rings. The quantitative estimate of drug-likeness (QED) is 0.202. The Balaban J connectivity index is 0.00000342. The number of allylic oxidation sites excluding steroid dienone is 8. The van der Waals surface area contributed by atoms with E-state index >= 15 is 8.78 Å². The molecule has 0 amide bonds. The third kappa shape index (κ3) is 6.55. The number of aliphatic hydroxyl groups is 4. The molecule has 12 nitrogen and oxygen atoms in total. The van der Waals surface area contributed by atoms with Crippen LogP contribution in [0.3, 0.4) is 0 Å². The molecule has 0 aromatic heterocycles. The highest BCUT2D eigenvalue weighted by Gasteiger charge is 2.77. The Morgan fingerprint density at radius 2 is 0.956 bits per heavy atom. The SMILES string of the molecule is C[C@@H]1C[C@H]2[C@@H]3CCC4=CC(=O)C=C[C@]4(C)[C@@]3(F)[C@@H](O)C[C@]2(C)[C@@]1(O)C(=O)COC(=O)c1ccc(C(=O)OCC(=O)[C@@]2(O)[C@H](C)C[C@H]3[C@@H]4CCC5=CC(=O)C=C[C@]5(C)[C@@]4(F)[C@@H](O)C[C@@]32C)cc1.Cl.Cl. The second-order valence-electron chi connectivity index (χ2n) is 21.9. The molecule has 0 spiro atoms. The minimum Gasteiger partial charge on any atom is -0.454 e. The van der Waals surface area contributed by atoms with Crippen LogP contribution in [-0.4, -0.2) is 103 Å². The van der Waals surface area contributed by atoms with Gasteiger partial charge in [-0.15, -0.1) is 24.8 Å². The minimum atomic E-state index is -2.15. The molecule has 6 fully saturated rings. The van der Waals surface area contributed by atoms with Crippen LogP contribution in [-0.2, 0) is 28.7 Å². The molecule has 1 aromatic carbocycles. The fourth-order valence-corrected chi connectivity index (χ4v) is 15.7. The first-order valence-corrected chi connectivity index (χ1v) is 23.4. The molecule has 370 valence electrons. The number of benzene rings is 1. The van der Waals surface area contributed by atoms with Gasteiger partial charge in [-0.25, -0.2) is 18.4 Å². The summed E-state index contributed by atoms with van der Waals surface area (Å²) in [5.41, 5.74) is -12.3. The summed E-state index contributed by atoms with van der Waals surface area (Å²) in [5, 5.41) is 47.9. The van der Waals surface area contributed by atoms with Gasteiger partial charge in [0.25, 0.3) is 0 Å². The van der Waals surface area contributed by atoms with Gasteiger partial charge in [0.15, 0.2) is 36.1 Å². The highest BCUT2D eigenvalue weighted by Crippen LogP contribution is 2.72. The Morgan fingerprint density at radius 1 is 0.618 bits per heavy atom. The fraction of sp³-hybridized carbons (Fsp3) is 0.615. The van der Waals surface area contributed by atoms with E-state index < -0.39 is 129 Å². The van der Waals surface area contributed by atoms with E-state index in [0.29, 0.717) is 49.7 Å². The van der Waals surface area contributed by atoms with Gasteiger partial charge in [-0.05, 0) is 137 Å². The molecule has 68 heavy (non-hydrogen) atoms. The number of ether oxygens (including phenoxy) is 2. The van der Waals surface area contributed by atoms with E-state index in [1.54, 1.807) is 41.5 Å². The van der Waals surface area contributed by atoms with Crippen LogP contribution in [0.1, 0.15) is 114 Å². The summed E-state index contributed by atoms with van der Waals surface area (Å²) in [6, 6.07) is 5.06. The maximum absolute atomic E-state index is 17.6. The number of carbonyl (C=O) groups is 6. The highest BCUT2D eigenvalue weighted by atomic mass is 35.5. The van der Waals surface area contributed by atoms with Crippen molar-refractivity contribution >= 4 is 59.9 Å². The lowest BCUT2D eigenvalue weighted by atomic mass is 9.44. The number of esters is 2. The van der Waals surface area contributed by atoms with Crippen molar-refractivity contribution in [2.45, 2.75) is 128 Å². The number of hydrogen-bond donors (Lipinski definition) is 4.